The molecule has 0 aliphatic carbocycles. The summed E-state index contributed by atoms with van der Waals surface area (Å²) in [4.78, 5) is 13.3. The summed E-state index contributed by atoms with van der Waals surface area (Å²) < 4.78 is 35.0. The molecule has 0 bridgehead atoms. The molecule has 0 radical (unpaired) electrons. The summed E-state index contributed by atoms with van der Waals surface area (Å²) in [7, 11) is -4.05. The monoisotopic (exact) mass is 589 g/mol. The lowest BCUT2D eigenvalue weighted by molar-refractivity contribution is -0.124. The number of nitrogens with one attached hydrogen (secondary N) is 2. The van der Waals surface area contributed by atoms with Crippen LogP contribution in [0.4, 0.5) is 0 Å². The first kappa shape index (κ1) is 27.8. The summed E-state index contributed by atoms with van der Waals surface area (Å²) in [5, 5.41) is 12.8. The SMILES string of the molecule is C[C@@H](OCc1ccccc1)[C@@H](C#N)NC(=O)[C@H](Cc1cccc(Cl)c1)NS(=O)(=O)c1cccc(Br)c1. The van der Waals surface area contributed by atoms with Crippen LogP contribution < -0.4 is 10.0 Å². The average molecular weight is 591 g/mol. The smallest absolute Gasteiger partial charge is 0.241 e. The molecule has 0 saturated carbocycles. The number of benzene rings is 3. The third kappa shape index (κ3) is 8.15. The maximum Gasteiger partial charge on any atom is 0.241 e. The van der Waals surface area contributed by atoms with Crippen LogP contribution in [0.15, 0.2) is 88.2 Å². The van der Waals surface area contributed by atoms with Gasteiger partial charge in [0.15, 0.2) is 0 Å². The quantitative estimate of drug-likeness (QED) is 0.339. The van der Waals surface area contributed by atoms with E-state index in [2.05, 4.69) is 26.0 Å². The van der Waals surface area contributed by atoms with E-state index in [9.17, 15) is 18.5 Å². The largest absolute Gasteiger partial charge is 0.371 e. The van der Waals surface area contributed by atoms with Crippen molar-refractivity contribution in [2.45, 2.75) is 43.0 Å². The second-order valence-corrected chi connectivity index (χ2v) is 11.1. The average Bonchev–Trinajstić information content (AvgIpc) is 2.86. The molecule has 3 rings (SSSR count). The Labute approximate surface area is 224 Å². The van der Waals surface area contributed by atoms with E-state index in [0.717, 1.165) is 5.56 Å². The molecule has 0 saturated heterocycles. The van der Waals surface area contributed by atoms with Crippen molar-refractivity contribution >= 4 is 43.5 Å². The van der Waals surface area contributed by atoms with Crippen molar-refractivity contribution in [1.82, 2.24) is 10.0 Å². The number of hydrogen-bond donors (Lipinski definition) is 2. The highest BCUT2D eigenvalue weighted by atomic mass is 79.9. The van der Waals surface area contributed by atoms with Crippen LogP contribution >= 0.6 is 27.5 Å². The fourth-order valence-corrected chi connectivity index (χ4v) is 5.39. The van der Waals surface area contributed by atoms with Gasteiger partial charge in [0.1, 0.15) is 12.1 Å². The molecule has 1 amide bonds. The van der Waals surface area contributed by atoms with Crippen LogP contribution in [-0.4, -0.2) is 32.5 Å². The van der Waals surface area contributed by atoms with Crippen molar-refractivity contribution in [2.24, 2.45) is 0 Å². The number of ether oxygens (including phenoxy) is 1. The molecule has 0 aliphatic heterocycles. The Morgan fingerprint density at radius 2 is 1.75 bits per heavy atom. The Morgan fingerprint density at radius 3 is 2.42 bits per heavy atom. The fraction of sp³-hybridized carbons (Fsp3) is 0.231. The number of amides is 1. The Kier molecular flexibility index (Phi) is 10.0. The van der Waals surface area contributed by atoms with Gasteiger partial charge in [-0.1, -0.05) is 76.1 Å². The van der Waals surface area contributed by atoms with Crippen molar-refractivity contribution in [3.63, 3.8) is 0 Å². The normalized spacial score (nSPS) is 13.8. The maximum absolute atomic E-state index is 13.3. The summed E-state index contributed by atoms with van der Waals surface area (Å²) in [6, 6.07) is 22.2. The minimum Gasteiger partial charge on any atom is -0.371 e. The molecule has 0 aromatic heterocycles. The molecule has 0 heterocycles. The highest BCUT2D eigenvalue weighted by Crippen LogP contribution is 2.18. The molecule has 0 spiro atoms. The number of hydrogen-bond acceptors (Lipinski definition) is 5. The molecule has 3 atom stereocenters. The number of carbonyl (C=O) groups is 1. The van der Waals surface area contributed by atoms with Crippen LogP contribution in [0.2, 0.25) is 5.02 Å². The van der Waals surface area contributed by atoms with E-state index in [0.29, 0.717) is 15.1 Å². The molecule has 10 heteroatoms. The molecular formula is C26H25BrClN3O4S. The van der Waals surface area contributed by atoms with Gasteiger partial charge in [0.2, 0.25) is 15.9 Å². The fourth-order valence-electron chi connectivity index (χ4n) is 3.38. The van der Waals surface area contributed by atoms with Crippen LogP contribution in [0.5, 0.6) is 0 Å². The molecule has 3 aromatic rings. The van der Waals surface area contributed by atoms with E-state index < -0.39 is 34.1 Å². The number of halogens is 2. The number of carbonyl (C=O) groups excluding carboxylic acids is 1. The van der Waals surface area contributed by atoms with E-state index in [-0.39, 0.29) is 17.9 Å². The van der Waals surface area contributed by atoms with Crippen LogP contribution in [0.3, 0.4) is 0 Å². The van der Waals surface area contributed by atoms with Crippen molar-refractivity contribution in [1.29, 1.82) is 5.26 Å². The van der Waals surface area contributed by atoms with Gasteiger partial charge in [0.25, 0.3) is 0 Å². The highest BCUT2D eigenvalue weighted by Gasteiger charge is 2.29. The Bertz CT molecular complexity index is 1330. The highest BCUT2D eigenvalue weighted by molar-refractivity contribution is 9.10. The van der Waals surface area contributed by atoms with Gasteiger partial charge in [0, 0.05) is 9.50 Å². The van der Waals surface area contributed by atoms with Crippen molar-refractivity contribution < 1.29 is 17.9 Å². The third-order valence-corrected chi connectivity index (χ3v) is 7.51. The predicted octanol–water partition coefficient (Wildman–Crippen LogP) is 4.61. The van der Waals surface area contributed by atoms with Crippen molar-refractivity contribution in [3.8, 4) is 6.07 Å². The molecule has 188 valence electrons. The number of nitriles is 1. The number of nitrogens with zero attached hydrogens (tertiary/aromatic N) is 1. The van der Waals surface area contributed by atoms with E-state index in [1.54, 1.807) is 43.3 Å². The third-order valence-electron chi connectivity index (χ3n) is 5.31. The Morgan fingerprint density at radius 1 is 1.06 bits per heavy atom. The van der Waals surface area contributed by atoms with E-state index in [1.807, 2.05) is 36.4 Å². The zero-order valence-electron chi connectivity index (χ0n) is 19.4. The van der Waals surface area contributed by atoms with E-state index in [1.165, 1.54) is 12.1 Å². The number of sulfonamides is 1. The minimum absolute atomic E-state index is 0.00263. The van der Waals surface area contributed by atoms with Crippen LogP contribution in [0.1, 0.15) is 18.1 Å². The Balaban J connectivity index is 1.78. The van der Waals surface area contributed by atoms with Crippen LogP contribution in [0.25, 0.3) is 0 Å². The van der Waals surface area contributed by atoms with Crippen LogP contribution in [0, 0.1) is 11.3 Å². The number of rotatable bonds is 11. The lowest BCUT2D eigenvalue weighted by Crippen LogP contribution is -2.52. The first-order chi connectivity index (χ1) is 17.2. The molecule has 2 N–H and O–H groups in total. The Hall–Kier alpha value is -2.74. The molecule has 0 unspecified atom stereocenters. The summed E-state index contributed by atoms with van der Waals surface area (Å²) in [6.07, 6.45) is -0.621. The molecule has 0 aliphatic rings. The van der Waals surface area contributed by atoms with Gasteiger partial charge in [-0.15, -0.1) is 0 Å². The van der Waals surface area contributed by atoms with Gasteiger partial charge >= 0.3 is 0 Å². The lowest BCUT2D eigenvalue weighted by Gasteiger charge is -2.24. The summed E-state index contributed by atoms with van der Waals surface area (Å²) in [5.74, 6) is -0.657. The summed E-state index contributed by atoms with van der Waals surface area (Å²) in [5.41, 5.74) is 1.58. The first-order valence-corrected chi connectivity index (χ1v) is 13.7. The lowest BCUT2D eigenvalue weighted by atomic mass is 10.1. The predicted molar refractivity (Wildman–Crippen MR) is 142 cm³/mol. The van der Waals surface area contributed by atoms with Crippen LogP contribution in [-0.2, 0) is 32.6 Å². The van der Waals surface area contributed by atoms with Gasteiger partial charge in [-0.3, -0.25) is 4.79 Å². The maximum atomic E-state index is 13.3. The van der Waals surface area contributed by atoms with E-state index >= 15 is 0 Å². The molecule has 36 heavy (non-hydrogen) atoms. The first-order valence-electron chi connectivity index (χ1n) is 11.1. The second kappa shape index (κ2) is 13.0. The molecule has 0 fully saturated rings. The second-order valence-electron chi connectivity index (χ2n) is 8.08. The van der Waals surface area contributed by atoms with Crippen molar-refractivity contribution in [2.75, 3.05) is 0 Å². The van der Waals surface area contributed by atoms with Gasteiger partial charge < -0.3 is 10.1 Å². The van der Waals surface area contributed by atoms with E-state index in [4.69, 9.17) is 16.3 Å². The minimum atomic E-state index is -4.05. The standard InChI is InChI=1S/C26H25BrClN3O4S/c1-18(35-17-19-7-3-2-4-8-19)25(16-29)30-26(32)24(14-20-9-5-11-22(28)13-20)31-36(33,34)23-12-6-10-21(27)15-23/h2-13,15,18,24-25,31H,14,17H2,1H3,(H,30,32)/t18-,24+,25-/m1/s1. The van der Waals surface area contributed by atoms with Gasteiger partial charge in [0.05, 0.1) is 23.7 Å². The van der Waals surface area contributed by atoms with Gasteiger partial charge in [-0.2, -0.15) is 9.98 Å². The molecular weight excluding hydrogens is 566 g/mol. The zero-order valence-corrected chi connectivity index (χ0v) is 22.6. The molecule has 7 nitrogen and oxygen atoms in total. The molecule has 3 aromatic carbocycles. The van der Waals surface area contributed by atoms with Gasteiger partial charge in [-0.25, -0.2) is 8.42 Å². The summed E-state index contributed by atoms with van der Waals surface area (Å²) in [6.45, 7) is 1.94. The van der Waals surface area contributed by atoms with Gasteiger partial charge in [-0.05, 0) is 54.8 Å². The zero-order chi connectivity index (χ0) is 26.1. The topological polar surface area (TPSA) is 108 Å². The summed E-state index contributed by atoms with van der Waals surface area (Å²) >= 11 is 9.35. The van der Waals surface area contributed by atoms with Crippen molar-refractivity contribution in [3.05, 3.63) is 99.5 Å².